The molecule has 11 nitrogen and oxygen atoms in total. The standard InChI is InChI=1S/C21H28N4O7/c1-21(2,3)32-20(30)24-15(13-26)19(29)25(11-10-22)17(14-8-6-5-7-9-14)18(28)23-12-16(27)31-4/h5-9,15,17,26H,11-13H2,1-4H3,(H,23,28)(H,24,30). The quantitative estimate of drug-likeness (QED) is 0.358. The van der Waals surface area contributed by atoms with Crippen molar-refractivity contribution >= 4 is 23.9 Å². The molecule has 32 heavy (non-hydrogen) atoms. The minimum Gasteiger partial charge on any atom is -0.468 e. The second-order valence-corrected chi connectivity index (χ2v) is 7.61. The Kier molecular flexibility index (Phi) is 10.1. The molecule has 3 amide bonds. The number of nitrogens with zero attached hydrogens (tertiary/aromatic N) is 2. The number of carbonyl (C=O) groups excluding carboxylic acids is 4. The number of rotatable bonds is 9. The summed E-state index contributed by atoms with van der Waals surface area (Å²) in [6.07, 6.45) is -0.951. The summed E-state index contributed by atoms with van der Waals surface area (Å²) < 4.78 is 9.60. The van der Waals surface area contributed by atoms with Gasteiger partial charge in [0, 0.05) is 0 Å². The molecule has 0 radical (unpaired) electrons. The Morgan fingerprint density at radius 3 is 2.31 bits per heavy atom. The van der Waals surface area contributed by atoms with Crippen LogP contribution in [0.4, 0.5) is 4.79 Å². The van der Waals surface area contributed by atoms with Gasteiger partial charge in [-0.3, -0.25) is 14.4 Å². The largest absolute Gasteiger partial charge is 0.468 e. The molecule has 0 aliphatic heterocycles. The van der Waals surface area contributed by atoms with Crippen molar-refractivity contribution in [2.24, 2.45) is 0 Å². The summed E-state index contributed by atoms with van der Waals surface area (Å²) in [4.78, 5) is 50.5. The molecule has 2 atom stereocenters. The third-order valence-corrected chi connectivity index (χ3v) is 4.01. The molecule has 3 N–H and O–H groups in total. The van der Waals surface area contributed by atoms with E-state index in [1.807, 2.05) is 6.07 Å². The molecule has 0 bridgehead atoms. The summed E-state index contributed by atoms with van der Waals surface area (Å²) in [7, 11) is 1.16. The first-order valence-electron chi connectivity index (χ1n) is 9.71. The Bertz CT molecular complexity index is 846. The molecule has 0 aromatic heterocycles. The van der Waals surface area contributed by atoms with Crippen LogP contribution < -0.4 is 10.6 Å². The van der Waals surface area contributed by atoms with Crippen LogP contribution in [0.3, 0.4) is 0 Å². The first-order chi connectivity index (χ1) is 15.0. The third-order valence-electron chi connectivity index (χ3n) is 4.01. The van der Waals surface area contributed by atoms with Gasteiger partial charge < -0.3 is 30.1 Å². The average molecular weight is 448 g/mol. The van der Waals surface area contributed by atoms with Gasteiger partial charge in [-0.05, 0) is 26.3 Å². The minimum atomic E-state index is -1.47. The van der Waals surface area contributed by atoms with Crippen LogP contribution in [0.1, 0.15) is 32.4 Å². The van der Waals surface area contributed by atoms with Crippen molar-refractivity contribution < 1.29 is 33.8 Å². The normalized spacial score (nSPS) is 12.5. The van der Waals surface area contributed by atoms with Crippen LogP contribution in [-0.4, -0.2) is 72.3 Å². The van der Waals surface area contributed by atoms with Gasteiger partial charge in [-0.2, -0.15) is 5.26 Å². The van der Waals surface area contributed by atoms with Crippen LogP contribution in [0, 0.1) is 11.3 Å². The van der Waals surface area contributed by atoms with Crippen LogP contribution in [0.15, 0.2) is 30.3 Å². The first kappa shape index (κ1) is 26.4. The maximum atomic E-state index is 13.2. The molecule has 2 unspecified atom stereocenters. The van der Waals surface area contributed by atoms with Crippen molar-refractivity contribution in [3.63, 3.8) is 0 Å². The van der Waals surface area contributed by atoms with E-state index < -0.39 is 61.3 Å². The SMILES string of the molecule is COC(=O)CNC(=O)C(c1ccccc1)N(CC#N)C(=O)C(CO)NC(=O)OC(C)(C)C. The third kappa shape index (κ3) is 8.23. The van der Waals surface area contributed by atoms with Crippen molar-refractivity contribution in [3.8, 4) is 6.07 Å². The van der Waals surface area contributed by atoms with Crippen molar-refractivity contribution in [3.05, 3.63) is 35.9 Å². The monoisotopic (exact) mass is 448 g/mol. The second kappa shape index (κ2) is 12.3. The van der Waals surface area contributed by atoms with Gasteiger partial charge in [-0.25, -0.2) is 4.79 Å². The van der Waals surface area contributed by atoms with Gasteiger partial charge in [0.1, 0.15) is 30.8 Å². The molecule has 0 saturated carbocycles. The molecule has 0 aliphatic carbocycles. The lowest BCUT2D eigenvalue weighted by molar-refractivity contribution is -0.144. The summed E-state index contributed by atoms with van der Waals surface area (Å²) >= 11 is 0. The predicted molar refractivity (Wildman–Crippen MR) is 112 cm³/mol. The van der Waals surface area contributed by atoms with E-state index in [0.29, 0.717) is 5.56 Å². The Morgan fingerprint density at radius 2 is 1.81 bits per heavy atom. The topological polar surface area (TPSA) is 158 Å². The van der Waals surface area contributed by atoms with Gasteiger partial charge in [0.25, 0.3) is 0 Å². The number of aliphatic hydroxyl groups is 1. The minimum absolute atomic E-state index is 0.354. The molecule has 1 aromatic rings. The van der Waals surface area contributed by atoms with Gasteiger partial charge in [-0.15, -0.1) is 0 Å². The number of hydrogen-bond donors (Lipinski definition) is 3. The number of esters is 1. The summed E-state index contributed by atoms with van der Waals surface area (Å²) in [6.45, 7) is 3.10. The molecule has 0 heterocycles. The van der Waals surface area contributed by atoms with Crippen LogP contribution in [0.2, 0.25) is 0 Å². The summed E-state index contributed by atoms with van der Waals surface area (Å²) in [5.41, 5.74) is -0.493. The first-order valence-corrected chi connectivity index (χ1v) is 9.71. The smallest absolute Gasteiger partial charge is 0.408 e. The Hall–Kier alpha value is -3.65. The Morgan fingerprint density at radius 1 is 1.19 bits per heavy atom. The fourth-order valence-electron chi connectivity index (χ4n) is 2.64. The van der Waals surface area contributed by atoms with Gasteiger partial charge in [-0.1, -0.05) is 30.3 Å². The fraction of sp³-hybridized carbons (Fsp3) is 0.476. The number of aliphatic hydroxyl groups excluding tert-OH is 1. The average Bonchev–Trinajstić information content (AvgIpc) is 2.74. The molecule has 174 valence electrons. The molecule has 1 rings (SSSR count). The molecule has 11 heteroatoms. The van der Waals surface area contributed by atoms with Gasteiger partial charge in [0.2, 0.25) is 11.8 Å². The number of nitriles is 1. The highest BCUT2D eigenvalue weighted by atomic mass is 16.6. The fourth-order valence-corrected chi connectivity index (χ4v) is 2.64. The maximum absolute atomic E-state index is 13.2. The molecule has 0 saturated heterocycles. The van der Waals surface area contributed by atoms with E-state index >= 15 is 0 Å². The maximum Gasteiger partial charge on any atom is 0.408 e. The zero-order valence-electron chi connectivity index (χ0n) is 18.5. The number of hydrogen-bond acceptors (Lipinski definition) is 8. The molecule has 1 aromatic carbocycles. The van der Waals surface area contributed by atoms with Crippen molar-refractivity contribution in [2.75, 3.05) is 26.8 Å². The van der Waals surface area contributed by atoms with E-state index in [0.717, 1.165) is 12.0 Å². The lowest BCUT2D eigenvalue weighted by Gasteiger charge is -2.32. The van der Waals surface area contributed by atoms with E-state index in [-0.39, 0.29) is 0 Å². The van der Waals surface area contributed by atoms with Crippen molar-refractivity contribution in [2.45, 2.75) is 38.5 Å². The molecular formula is C21H28N4O7. The molecule has 0 spiro atoms. The van der Waals surface area contributed by atoms with E-state index in [4.69, 9.17) is 4.74 Å². The lowest BCUT2D eigenvalue weighted by Crippen LogP contribution is -2.54. The van der Waals surface area contributed by atoms with E-state index in [2.05, 4.69) is 15.4 Å². The van der Waals surface area contributed by atoms with Gasteiger partial charge in [0.05, 0.1) is 19.8 Å². The number of methoxy groups -OCH3 is 1. The number of nitrogens with one attached hydrogen (secondary N) is 2. The number of carbonyl (C=O) groups is 4. The van der Waals surface area contributed by atoms with Crippen LogP contribution in [0.5, 0.6) is 0 Å². The Labute approximate surface area is 186 Å². The zero-order chi connectivity index (χ0) is 24.3. The van der Waals surface area contributed by atoms with Crippen LogP contribution in [-0.2, 0) is 23.9 Å². The van der Waals surface area contributed by atoms with E-state index in [1.165, 1.54) is 0 Å². The molecule has 0 fully saturated rings. The van der Waals surface area contributed by atoms with Crippen LogP contribution in [0.25, 0.3) is 0 Å². The zero-order valence-corrected chi connectivity index (χ0v) is 18.5. The van der Waals surface area contributed by atoms with Crippen LogP contribution >= 0.6 is 0 Å². The highest BCUT2D eigenvalue weighted by Gasteiger charge is 2.36. The highest BCUT2D eigenvalue weighted by molar-refractivity contribution is 5.93. The lowest BCUT2D eigenvalue weighted by atomic mass is 10.0. The van der Waals surface area contributed by atoms with Crippen molar-refractivity contribution in [1.29, 1.82) is 5.26 Å². The molecular weight excluding hydrogens is 420 g/mol. The summed E-state index contributed by atoms with van der Waals surface area (Å²) in [6, 6.07) is 7.11. The summed E-state index contributed by atoms with van der Waals surface area (Å²) in [5, 5.41) is 23.6. The number of alkyl carbamates (subject to hydrolysis) is 1. The van der Waals surface area contributed by atoms with Gasteiger partial charge in [0.15, 0.2) is 0 Å². The van der Waals surface area contributed by atoms with Crippen molar-refractivity contribution in [1.82, 2.24) is 15.5 Å². The predicted octanol–water partition coefficient (Wildman–Crippen LogP) is 0.255. The number of benzene rings is 1. The highest BCUT2D eigenvalue weighted by Crippen LogP contribution is 2.22. The number of ether oxygens (including phenoxy) is 2. The Balaban J connectivity index is 3.24. The summed E-state index contributed by atoms with van der Waals surface area (Å²) in [5.74, 6) is -2.34. The van der Waals surface area contributed by atoms with Gasteiger partial charge >= 0.3 is 12.1 Å². The molecule has 0 aliphatic rings. The van der Waals surface area contributed by atoms with E-state index in [1.54, 1.807) is 51.1 Å². The number of amides is 3. The second-order valence-electron chi connectivity index (χ2n) is 7.61. The van der Waals surface area contributed by atoms with E-state index in [9.17, 15) is 29.5 Å².